The molecule has 142 valence electrons. The zero-order valence-electron chi connectivity index (χ0n) is 15.0. The monoisotopic (exact) mass is 428 g/mol. The second-order valence-corrected chi connectivity index (χ2v) is 8.29. The molecular weight excluding hydrogens is 412 g/mol. The lowest BCUT2D eigenvalue weighted by Crippen LogP contribution is -2.11. The van der Waals surface area contributed by atoms with Gasteiger partial charge in [-0.25, -0.2) is 9.66 Å². The number of thioether (sulfide) groups is 1. The van der Waals surface area contributed by atoms with Crippen LogP contribution in [-0.2, 0) is 5.75 Å². The third-order valence-electron chi connectivity index (χ3n) is 3.98. The third kappa shape index (κ3) is 4.14. The van der Waals surface area contributed by atoms with Crippen LogP contribution in [0.5, 0.6) is 0 Å². The summed E-state index contributed by atoms with van der Waals surface area (Å²) in [6, 6.07) is 15.6. The Labute approximate surface area is 175 Å². The average molecular weight is 429 g/mol. The summed E-state index contributed by atoms with van der Waals surface area (Å²) >= 11 is 9.28. The van der Waals surface area contributed by atoms with Gasteiger partial charge in [0.1, 0.15) is 0 Å². The maximum atomic E-state index is 6.23. The second kappa shape index (κ2) is 8.22. The molecule has 2 aromatic heterocycles. The first-order valence-electron chi connectivity index (χ1n) is 8.46. The standard InChI is InChI=1S/C19H17ClN6S2/c1-12-6-8-13(9-7-12)22-18-23-14(10-27-18)11-28-19-25-24-17(26(19)21)15-4-2-3-5-16(15)20/h2-10H,11,21H2,1H3,(H,22,23). The molecule has 4 aromatic rings. The Hall–Kier alpha value is -2.55. The first-order valence-corrected chi connectivity index (χ1v) is 10.7. The normalized spacial score (nSPS) is 10.9. The quantitative estimate of drug-likeness (QED) is 0.328. The maximum absolute atomic E-state index is 6.23. The molecule has 0 radical (unpaired) electrons. The van der Waals surface area contributed by atoms with Crippen molar-refractivity contribution in [2.24, 2.45) is 0 Å². The van der Waals surface area contributed by atoms with Crippen LogP contribution in [0.4, 0.5) is 10.8 Å². The van der Waals surface area contributed by atoms with Crippen LogP contribution in [0.1, 0.15) is 11.3 Å². The Morgan fingerprint density at radius 3 is 2.71 bits per heavy atom. The molecule has 0 atom stereocenters. The van der Waals surface area contributed by atoms with E-state index in [0.717, 1.165) is 22.1 Å². The number of thiazole rings is 1. The molecule has 0 aliphatic rings. The number of hydrogen-bond acceptors (Lipinski definition) is 7. The fraction of sp³-hybridized carbons (Fsp3) is 0.105. The van der Waals surface area contributed by atoms with Crippen molar-refractivity contribution < 1.29 is 0 Å². The molecule has 0 saturated carbocycles. The van der Waals surface area contributed by atoms with E-state index in [2.05, 4.69) is 39.6 Å². The number of aromatic nitrogens is 4. The Morgan fingerprint density at radius 1 is 1.14 bits per heavy atom. The van der Waals surface area contributed by atoms with Gasteiger partial charge < -0.3 is 11.2 Å². The number of nitrogens with zero attached hydrogens (tertiary/aromatic N) is 4. The van der Waals surface area contributed by atoms with Gasteiger partial charge in [-0.1, -0.05) is 53.2 Å². The summed E-state index contributed by atoms with van der Waals surface area (Å²) in [6.07, 6.45) is 0. The van der Waals surface area contributed by atoms with Crippen LogP contribution in [0.2, 0.25) is 5.02 Å². The number of anilines is 2. The highest BCUT2D eigenvalue weighted by atomic mass is 35.5. The van der Waals surface area contributed by atoms with Crippen molar-refractivity contribution in [3.8, 4) is 11.4 Å². The summed E-state index contributed by atoms with van der Waals surface area (Å²) in [5, 5.41) is 15.8. The zero-order valence-corrected chi connectivity index (χ0v) is 17.4. The third-order valence-corrected chi connectivity index (χ3v) is 6.10. The fourth-order valence-electron chi connectivity index (χ4n) is 2.53. The number of rotatable bonds is 6. The molecule has 0 aliphatic carbocycles. The predicted octanol–water partition coefficient (Wildman–Crippen LogP) is 5.11. The molecule has 0 aliphatic heterocycles. The van der Waals surface area contributed by atoms with Gasteiger partial charge in [-0.15, -0.1) is 21.5 Å². The van der Waals surface area contributed by atoms with Gasteiger partial charge in [0.15, 0.2) is 11.0 Å². The first-order chi connectivity index (χ1) is 13.6. The topological polar surface area (TPSA) is 81.7 Å². The highest BCUT2D eigenvalue weighted by molar-refractivity contribution is 7.98. The number of halogens is 1. The molecule has 0 saturated heterocycles. The summed E-state index contributed by atoms with van der Waals surface area (Å²) in [4.78, 5) is 4.62. The molecule has 0 unspecified atom stereocenters. The smallest absolute Gasteiger partial charge is 0.210 e. The number of nitrogen functional groups attached to an aromatic ring is 1. The highest BCUT2D eigenvalue weighted by Crippen LogP contribution is 2.29. The van der Waals surface area contributed by atoms with Crippen LogP contribution < -0.4 is 11.2 Å². The van der Waals surface area contributed by atoms with E-state index >= 15 is 0 Å². The van der Waals surface area contributed by atoms with E-state index in [0.29, 0.717) is 21.8 Å². The minimum absolute atomic E-state index is 0.535. The molecule has 6 nitrogen and oxygen atoms in total. The summed E-state index contributed by atoms with van der Waals surface area (Å²) < 4.78 is 1.46. The lowest BCUT2D eigenvalue weighted by molar-refractivity contribution is 0.849. The molecule has 0 bridgehead atoms. The lowest BCUT2D eigenvalue weighted by atomic mass is 10.2. The Bertz CT molecular complexity index is 1090. The van der Waals surface area contributed by atoms with E-state index in [1.807, 2.05) is 35.7 Å². The van der Waals surface area contributed by atoms with Gasteiger partial charge in [0.2, 0.25) is 5.16 Å². The van der Waals surface area contributed by atoms with E-state index in [1.165, 1.54) is 22.0 Å². The molecule has 0 amide bonds. The van der Waals surface area contributed by atoms with Crippen LogP contribution in [0, 0.1) is 6.92 Å². The Morgan fingerprint density at radius 2 is 1.93 bits per heavy atom. The van der Waals surface area contributed by atoms with Crippen molar-refractivity contribution in [3.05, 3.63) is 70.2 Å². The number of aryl methyl sites for hydroxylation is 1. The minimum atomic E-state index is 0.535. The molecule has 2 aromatic carbocycles. The van der Waals surface area contributed by atoms with Gasteiger partial charge in [0, 0.05) is 22.4 Å². The molecule has 4 rings (SSSR count). The minimum Gasteiger partial charge on any atom is -0.335 e. The summed E-state index contributed by atoms with van der Waals surface area (Å²) in [5.41, 5.74) is 3.95. The molecule has 28 heavy (non-hydrogen) atoms. The van der Waals surface area contributed by atoms with Crippen LogP contribution >= 0.6 is 34.7 Å². The van der Waals surface area contributed by atoms with Gasteiger partial charge in [-0.2, -0.15) is 0 Å². The van der Waals surface area contributed by atoms with Crippen molar-refractivity contribution in [1.82, 2.24) is 19.9 Å². The van der Waals surface area contributed by atoms with Crippen molar-refractivity contribution in [2.45, 2.75) is 17.8 Å². The molecular formula is C19H17ClN6S2. The molecule has 2 heterocycles. The number of hydrogen-bond donors (Lipinski definition) is 2. The van der Waals surface area contributed by atoms with Gasteiger partial charge in [0.05, 0.1) is 10.7 Å². The molecule has 0 fully saturated rings. The van der Waals surface area contributed by atoms with Gasteiger partial charge in [0.25, 0.3) is 0 Å². The van der Waals surface area contributed by atoms with Gasteiger partial charge in [-0.3, -0.25) is 0 Å². The van der Waals surface area contributed by atoms with E-state index in [9.17, 15) is 0 Å². The average Bonchev–Trinajstić information content (AvgIpc) is 3.29. The van der Waals surface area contributed by atoms with Gasteiger partial charge in [-0.05, 0) is 31.2 Å². The summed E-state index contributed by atoms with van der Waals surface area (Å²) in [7, 11) is 0. The summed E-state index contributed by atoms with van der Waals surface area (Å²) in [6.45, 7) is 2.07. The van der Waals surface area contributed by atoms with Crippen molar-refractivity contribution in [3.63, 3.8) is 0 Å². The van der Waals surface area contributed by atoms with Crippen molar-refractivity contribution >= 4 is 45.5 Å². The maximum Gasteiger partial charge on any atom is 0.210 e. The fourth-order valence-corrected chi connectivity index (χ4v) is 4.34. The molecule has 9 heteroatoms. The molecule has 3 N–H and O–H groups in total. The number of benzene rings is 2. The predicted molar refractivity (Wildman–Crippen MR) is 117 cm³/mol. The van der Waals surface area contributed by atoms with Crippen molar-refractivity contribution in [1.29, 1.82) is 0 Å². The van der Waals surface area contributed by atoms with E-state index in [1.54, 1.807) is 17.4 Å². The second-order valence-electron chi connectivity index (χ2n) is 6.08. The van der Waals surface area contributed by atoms with Crippen LogP contribution in [0.15, 0.2) is 59.1 Å². The van der Waals surface area contributed by atoms with Crippen LogP contribution in [0.25, 0.3) is 11.4 Å². The largest absolute Gasteiger partial charge is 0.335 e. The van der Waals surface area contributed by atoms with E-state index in [4.69, 9.17) is 17.4 Å². The summed E-state index contributed by atoms with van der Waals surface area (Å²) in [5.74, 6) is 7.35. The number of nitrogens with two attached hydrogens (primary N) is 1. The van der Waals surface area contributed by atoms with Crippen molar-refractivity contribution in [2.75, 3.05) is 11.2 Å². The number of nitrogens with one attached hydrogen (secondary N) is 1. The highest BCUT2D eigenvalue weighted by Gasteiger charge is 2.15. The first kappa shape index (κ1) is 18.8. The Balaban J connectivity index is 1.42. The van der Waals surface area contributed by atoms with E-state index in [-0.39, 0.29) is 0 Å². The van der Waals surface area contributed by atoms with Crippen LogP contribution in [-0.4, -0.2) is 19.9 Å². The van der Waals surface area contributed by atoms with Crippen LogP contribution in [0.3, 0.4) is 0 Å². The Kier molecular flexibility index (Phi) is 5.52. The van der Waals surface area contributed by atoms with Gasteiger partial charge >= 0.3 is 0 Å². The lowest BCUT2D eigenvalue weighted by Gasteiger charge is -2.04. The van der Waals surface area contributed by atoms with E-state index < -0.39 is 0 Å². The zero-order chi connectivity index (χ0) is 19.5. The molecule has 0 spiro atoms. The SMILES string of the molecule is Cc1ccc(Nc2nc(CSc3nnc(-c4ccccc4Cl)n3N)cs2)cc1.